The van der Waals surface area contributed by atoms with Crippen LogP contribution in [0.2, 0.25) is 0 Å². The van der Waals surface area contributed by atoms with Crippen molar-refractivity contribution in [2.45, 2.75) is 63.6 Å². The number of hydrogen-bond donors (Lipinski definition) is 0. The Morgan fingerprint density at radius 2 is 1.24 bits per heavy atom. The molecular formula is C20H28Cl2O2Zr. The van der Waals surface area contributed by atoms with Crippen molar-refractivity contribution in [3.8, 4) is 0 Å². The molecule has 2 atom stereocenters. The SMILES string of the molecule is Cl.Cl.[C-]1=C(CC2CCCO2)C=CC1.[C-]1=C(CC2CCCO2)C=CC1.[Zr+2]. The molecule has 0 aromatic rings. The van der Waals surface area contributed by atoms with Gasteiger partial charge in [-0.1, -0.05) is 0 Å². The van der Waals surface area contributed by atoms with E-state index in [1.54, 1.807) is 0 Å². The first-order valence-corrected chi connectivity index (χ1v) is 8.66. The zero-order valence-corrected chi connectivity index (χ0v) is 18.8. The van der Waals surface area contributed by atoms with E-state index in [2.05, 4.69) is 36.5 Å². The second-order valence-electron chi connectivity index (χ2n) is 6.30. The van der Waals surface area contributed by atoms with Crippen LogP contribution in [0.3, 0.4) is 0 Å². The molecule has 2 saturated heterocycles. The first kappa shape index (κ1) is 25.3. The Kier molecular flexibility index (Phi) is 14.6. The molecule has 2 unspecified atom stereocenters. The molecule has 0 aromatic heterocycles. The van der Waals surface area contributed by atoms with Crippen LogP contribution in [-0.2, 0) is 35.7 Å². The molecule has 0 bridgehead atoms. The fourth-order valence-corrected chi connectivity index (χ4v) is 3.28. The summed E-state index contributed by atoms with van der Waals surface area (Å²) < 4.78 is 11.0. The Bertz CT molecular complexity index is 430. The molecule has 4 rings (SSSR count). The van der Waals surface area contributed by atoms with Gasteiger partial charge in [-0.2, -0.15) is 12.2 Å². The fraction of sp³-hybridized carbons (Fsp3) is 0.600. The Morgan fingerprint density at radius 1 is 0.800 bits per heavy atom. The molecular weight excluding hydrogens is 434 g/mol. The van der Waals surface area contributed by atoms with Crippen molar-refractivity contribution in [2.24, 2.45) is 0 Å². The predicted molar refractivity (Wildman–Crippen MR) is 103 cm³/mol. The number of rotatable bonds is 4. The van der Waals surface area contributed by atoms with E-state index in [1.807, 2.05) is 0 Å². The van der Waals surface area contributed by atoms with Gasteiger partial charge in [0.05, 0.1) is 12.2 Å². The van der Waals surface area contributed by atoms with Gasteiger partial charge in [0, 0.05) is 13.2 Å². The summed E-state index contributed by atoms with van der Waals surface area (Å²) in [5, 5.41) is 0. The van der Waals surface area contributed by atoms with Gasteiger partial charge in [0.1, 0.15) is 0 Å². The van der Waals surface area contributed by atoms with Gasteiger partial charge in [-0.15, -0.1) is 37.7 Å². The van der Waals surface area contributed by atoms with Crippen LogP contribution in [0.5, 0.6) is 0 Å². The maximum atomic E-state index is 5.52. The van der Waals surface area contributed by atoms with Crippen LogP contribution in [0, 0.1) is 12.2 Å². The first-order valence-electron chi connectivity index (χ1n) is 8.66. The van der Waals surface area contributed by atoms with E-state index >= 15 is 0 Å². The summed E-state index contributed by atoms with van der Waals surface area (Å²) in [5.74, 6) is 0. The molecule has 138 valence electrons. The number of hydrogen-bond acceptors (Lipinski definition) is 2. The van der Waals surface area contributed by atoms with Gasteiger partial charge < -0.3 is 9.47 Å². The maximum Gasteiger partial charge on any atom is 2.00 e. The zero-order valence-electron chi connectivity index (χ0n) is 14.7. The van der Waals surface area contributed by atoms with E-state index in [4.69, 9.17) is 9.47 Å². The molecule has 5 heteroatoms. The summed E-state index contributed by atoms with van der Waals surface area (Å²) >= 11 is 0. The van der Waals surface area contributed by atoms with Gasteiger partial charge in [-0.25, -0.2) is 23.3 Å². The van der Waals surface area contributed by atoms with Crippen LogP contribution in [0.15, 0.2) is 35.5 Å². The summed E-state index contributed by atoms with van der Waals surface area (Å²) in [7, 11) is 0. The summed E-state index contributed by atoms with van der Waals surface area (Å²) in [5.41, 5.74) is 2.69. The van der Waals surface area contributed by atoms with Gasteiger partial charge in [0.15, 0.2) is 0 Å². The Labute approximate surface area is 184 Å². The van der Waals surface area contributed by atoms with Crippen molar-refractivity contribution >= 4 is 24.8 Å². The zero-order chi connectivity index (χ0) is 15.0. The summed E-state index contributed by atoms with van der Waals surface area (Å²) in [4.78, 5) is 0. The number of ether oxygens (including phenoxy) is 2. The van der Waals surface area contributed by atoms with E-state index in [9.17, 15) is 0 Å². The third-order valence-corrected chi connectivity index (χ3v) is 4.48. The first-order chi connectivity index (χ1) is 10.9. The van der Waals surface area contributed by atoms with Gasteiger partial charge in [0.25, 0.3) is 0 Å². The smallest absolute Gasteiger partial charge is 0.378 e. The second-order valence-corrected chi connectivity index (χ2v) is 6.30. The van der Waals surface area contributed by atoms with Crippen molar-refractivity contribution in [1.82, 2.24) is 0 Å². The molecule has 4 aliphatic rings. The molecule has 2 aliphatic heterocycles. The molecule has 25 heavy (non-hydrogen) atoms. The van der Waals surface area contributed by atoms with Crippen molar-refractivity contribution < 1.29 is 35.7 Å². The third-order valence-electron chi connectivity index (χ3n) is 4.48. The van der Waals surface area contributed by atoms with Crippen LogP contribution < -0.4 is 0 Å². The predicted octanol–water partition coefficient (Wildman–Crippen LogP) is 5.33. The minimum Gasteiger partial charge on any atom is -0.378 e. The van der Waals surface area contributed by atoms with Gasteiger partial charge in [-0.05, 0) is 38.5 Å². The van der Waals surface area contributed by atoms with Gasteiger partial charge in [0.2, 0.25) is 0 Å². The van der Waals surface area contributed by atoms with Crippen LogP contribution in [-0.4, -0.2) is 25.4 Å². The minimum atomic E-state index is 0. The van der Waals surface area contributed by atoms with E-state index in [1.165, 1.54) is 36.8 Å². The van der Waals surface area contributed by atoms with Crippen molar-refractivity contribution in [3.63, 3.8) is 0 Å². The molecule has 0 aromatic carbocycles. The normalized spacial score (nSPS) is 25.9. The molecule has 2 heterocycles. The Morgan fingerprint density at radius 3 is 1.52 bits per heavy atom. The second kappa shape index (κ2) is 14.4. The molecule has 0 N–H and O–H groups in total. The van der Waals surface area contributed by atoms with Crippen molar-refractivity contribution in [3.05, 3.63) is 47.6 Å². The van der Waals surface area contributed by atoms with Crippen molar-refractivity contribution in [2.75, 3.05) is 13.2 Å². The average Bonchev–Trinajstić information content (AvgIpc) is 3.31. The topological polar surface area (TPSA) is 18.5 Å². The molecule has 0 spiro atoms. The van der Waals surface area contributed by atoms with E-state index in [-0.39, 0.29) is 51.0 Å². The van der Waals surface area contributed by atoms with Crippen molar-refractivity contribution in [1.29, 1.82) is 0 Å². The van der Waals surface area contributed by atoms with Crippen LogP contribution in [0.4, 0.5) is 0 Å². The summed E-state index contributed by atoms with van der Waals surface area (Å²) in [6.45, 7) is 1.92. The maximum absolute atomic E-state index is 5.52. The summed E-state index contributed by atoms with van der Waals surface area (Å²) in [6, 6.07) is 0. The number of allylic oxidation sites excluding steroid dienone is 6. The Balaban J connectivity index is 0.000000411. The molecule has 2 aliphatic carbocycles. The van der Waals surface area contributed by atoms with Crippen LogP contribution in [0.25, 0.3) is 0 Å². The molecule has 2 fully saturated rings. The van der Waals surface area contributed by atoms with Gasteiger partial charge in [-0.3, -0.25) is 12.2 Å². The monoisotopic (exact) mass is 460 g/mol. The van der Waals surface area contributed by atoms with Crippen LogP contribution >= 0.6 is 24.8 Å². The van der Waals surface area contributed by atoms with E-state index < -0.39 is 0 Å². The molecule has 2 nitrogen and oxygen atoms in total. The van der Waals surface area contributed by atoms with E-state index in [0.717, 1.165) is 38.9 Å². The fourth-order valence-electron chi connectivity index (χ4n) is 3.28. The molecule has 0 saturated carbocycles. The number of halogens is 2. The average molecular weight is 463 g/mol. The minimum absolute atomic E-state index is 0. The van der Waals surface area contributed by atoms with Gasteiger partial charge >= 0.3 is 26.2 Å². The standard InChI is InChI=1S/2C10H13O.2ClH.Zr/c2*1-2-5-9(4-1)8-10-6-3-7-11-10;;;/h2*1,4,10H,2-3,6-8H2;2*1H;/q2*-1;;;+2. The van der Waals surface area contributed by atoms with Crippen LogP contribution in [0.1, 0.15) is 51.4 Å². The van der Waals surface area contributed by atoms with E-state index in [0.29, 0.717) is 12.2 Å². The third kappa shape index (κ3) is 9.20. The Hall–Kier alpha value is 0.343. The quantitative estimate of drug-likeness (QED) is 0.526. The summed E-state index contributed by atoms with van der Waals surface area (Å²) in [6.07, 6.45) is 25.4. The largest absolute Gasteiger partial charge is 2.00 e. The molecule has 0 amide bonds. The molecule has 0 radical (unpaired) electrons.